The molecule has 49 heavy (non-hydrogen) atoms. The van der Waals surface area contributed by atoms with Gasteiger partial charge in [-0.15, -0.1) is 0 Å². The Morgan fingerprint density at radius 1 is 0.735 bits per heavy atom. The molecule has 3 N–H and O–H groups in total. The Morgan fingerprint density at radius 3 is 2.06 bits per heavy atom. The van der Waals surface area contributed by atoms with Gasteiger partial charge < -0.3 is 25.1 Å². The molecule has 0 atom stereocenters. The van der Waals surface area contributed by atoms with Gasteiger partial charge in [0.25, 0.3) is 17.7 Å². The first-order valence-electron chi connectivity index (χ1n) is 16.2. The van der Waals surface area contributed by atoms with Gasteiger partial charge >= 0.3 is 0 Å². The molecule has 9 nitrogen and oxygen atoms in total. The lowest BCUT2D eigenvalue weighted by Crippen LogP contribution is -2.25. The van der Waals surface area contributed by atoms with E-state index < -0.39 is 0 Å². The van der Waals surface area contributed by atoms with Gasteiger partial charge in [0.1, 0.15) is 11.4 Å². The maximum absolute atomic E-state index is 13.2. The van der Waals surface area contributed by atoms with E-state index in [0.29, 0.717) is 34.9 Å². The molecule has 9 heteroatoms. The molecule has 0 bridgehead atoms. The number of pyridine rings is 1. The van der Waals surface area contributed by atoms with E-state index in [1.165, 1.54) is 11.1 Å². The molecular weight excluding hydrogens is 612 g/mol. The second-order valence-corrected chi connectivity index (χ2v) is 12.4. The van der Waals surface area contributed by atoms with E-state index in [-0.39, 0.29) is 17.7 Å². The van der Waals surface area contributed by atoms with Crippen molar-refractivity contribution in [3.8, 4) is 0 Å². The summed E-state index contributed by atoms with van der Waals surface area (Å²) in [5.74, 6) is -0.886. The highest BCUT2D eigenvalue weighted by molar-refractivity contribution is 6.07. The first kappa shape index (κ1) is 34.4. The number of nitrogens with one attached hydrogen (secondary N) is 3. The fraction of sp³-hybridized carbons (Fsp3) is 0.200. The van der Waals surface area contributed by atoms with E-state index in [4.69, 9.17) is 0 Å². The Balaban J connectivity index is 1.14. The molecule has 2 aromatic carbocycles. The van der Waals surface area contributed by atoms with Gasteiger partial charge in [-0.2, -0.15) is 0 Å². The summed E-state index contributed by atoms with van der Waals surface area (Å²) in [7, 11) is 3.49. The molecule has 5 rings (SSSR count). The Bertz CT molecular complexity index is 2070. The molecule has 0 saturated carbocycles. The van der Waals surface area contributed by atoms with Crippen LogP contribution in [0.1, 0.15) is 76.1 Å². The number of hydrogen-bond donors (Lipinski definition) is 3. The summed E-state index contributed by atoms with van der Waals surface area (Å²) in [6.45, 7) is 6.65. The minimum absolute atomic E-state index is 0.230. The predicted molar refractivity (Wildman–Crippen MR) is 199 cm³/mol. The third-order valence-electron chi connectivity index (χ3n) is 8.05. The zero-order chi connectivity index (χ0) is 34.9. The summed E-state index contributed by atoms with van der Waals surface area (Å²) < 4.78 is 3.32. The molecule has 0 fully saturated rings. The average molecular weight is 655 g/mol. The zero-order valence-corrected chi connectivity index (χ0v) is 28.6. The number of hydrogen-bond acceptors (Lipinski definition) is 4. The largest absolute Gasteiger partial charge is 0.347 e. The number of rotatable bonds is 12. The fourth-order valence-corrected chi connectivity index (χ4v) is 5.33. The van der Waals surface area contributed by atoms with Crippen LogP contribution >= 0.6 is 0 Å². The molecule has 0 aliphatic heterocycles. The topological polar surface area (TPSA) is 110 Å². The Hall–Kier alpha value is -5.96. The summed E-state index contributed by atoms with van der Waals surface area (Å²) in [6.07, 6.45) is 15.3. The van der Waals surface area contributed by atoms with E-state index in [1.54, 1.807) is 59.9 Å². The lowest BCUT2D eigenvalue weighted by Gasteiger charge is -2.04. The number of anilines is 2. The summed E-state index contributed by atoms with van der Waals surface area (Å²) in [6, 6.07) is 20.6. The van der Waals surface area contributed by atoms with Crippen LogP contribution in [0.25, 0.3) is 23.1 Å². The smallest absolute Gasteiger partial charge is 0.272 e. The van der Waals surface area contributed by atoms with Crippen LogP contribution < -0.4 is 16.0 Å². The van der Waals surface area contributed by atoms with E-state index in [2.05, 4.69) is 53.8 Å². The van der Waals surface area contributed by atoms with Gasteiger partial charge in [0.05, 0.1) is 16.9 Å². The van der Waals surface area contributed by atoms with Crippen LogP contribution in [0.15, 0.2) is 109 Å². The molecule has 0 radical (unpaired) electrons. The van der Waals surface area contributed by atoms with Gasteiger partial charge in [0.15, 0.2) is 0 Å². The van der Waals surface area contributed by atoms with Crippen LogP contribution in [0.3, 0.4) is 0 Å². The van der Waals surface area contributed by atoms with Gasteiger partial charge in [0, 0.05) is 50.2 Å². The van der Waals surface area contributed by atoms with Crippen molar-refractivity contribution in [1.29, 1.82) is 0 Å². The van der Waals surface area contributed by atoms with Crippen molar-refractivity contribution in [2.45, 2.75) is 33.6 Å². The van der Waals surface area contributed by atoms with Crippen LogP contribution in [0, 0.1) is 0 Å². The predicted octanol–water partition coefficient (Wildman–Crippen LogP) is 8.01. The number of aromatic nitrogens is 3. The van der Waals surface area contributed by atoms with Crippen LogP contribution in [0.2, 0.25) is 0 Å². The van der Waals surface area contributed by atoms with Crippen LogP contribution in [0.4, 0.5) is 11.4 Å². The SMILES string of the molecule is CC(C)=CCC/C(C)=C/CNC(=O)c1cc(NC(=O)c2cc(NC(=O)c3ccc(/C=C/c4cnc5ccccc5c4)cc3)cn2C)cn1C. The van der Waals surface area contributed by atoms with E-state index in [9.17, 15) is 14.4 Å². The maximum Gasteiger partial charge on any atom is 0.272 e. The van der Waals surface area contributed by atoms with Gasteiger partial charge in [0.2, 0.25) is 0 Å². The van der Waals surface area contributed by atoms with Crippen LogP contribution in [0.5, 0.6) is 0 Å². The van der Waals surface area contributed by atoms with Gasteiger partial charge in [-0.05, 0) is 81.1 Å². The van der Waals surface area contributed by atoms with E-state index in [1.807, 2.05) is 60.8 Å². The molecule has 0 saturated heterocycles. The number of amides is 3. The highest BCUT2D eigenvalue weighted by atomic mass is 16.2. The van der Waals surface area contributed by atoms with Crippen LogP contribution in [-0.4, -0.2) is 38.4 Å². The normalized spacial score (nSPS) is 11.5. The highest BCUT2D eigenvalue weighted by Crippen LogP contribution is 2.19. The molecule has 250 valence electrons. The lowest BCUT2D eigenvalue weighted by molar-refractivity contribution is 0.0948. The first-order valence-corrected chi connectivity index (χ1v) is 16.2. The number of benzene rings is 2. The standard InChI is InChI=1S/C40H42N6O3/c1-27(2)9-8-10-28(3)19-20-41-39(48)36-22-34(26-45(36)4)44-40(49)37-23-33(25-46(37)5)43-38(47)31-17-15-29(16-18-31)13-14-30-21-32-11-6-7-12-35(32)42-24-30/h6-7,9,11-19,21-26H,8,10,20H2,1-5H3,(H,41,48)(H,43,47)(H,44,49)/b14-13+,28-19+. The molecular formula is C40H42N6O3. The summed E-state index contributed by atoms with van der Waals surface area (Å²) >= 11 is 0. The third-order valence-corrected chi connectivity index (χ3v) is 8.05. The molecule has 0 aliphatic carbocycles. The number of allylic oxidation sites excluding steroid dienone is 3. The van der Waals surface area contributed by atoms with Gasteiger partial charge in [-0.25, -0.2) is 0 Å². The summed E-state index contributed by atoms with van der Waals surface area (Å²) in [5.41, 5.74) is 7.65. The summed E-state index contributed by atoms with van der Waals surface area (Å²) in [4.78, 5) is 43.5. The Kier molecular flexibility index (Phi) is 11.1. The molecule has 3 heterocycles. The minimum atomic E-state index is -0.367. The number of nitrogens with zero attached hydrogens (tertiary/aromatic N) is 3. The molecule has 0 unspecified atom stereocenters. The van der Waals surface area contributed by atoms with Crippen molar-refractivity contribution in [3.63, 3.8) is 0 Å². The second kappa shape index (κ2) is 15.8. The molecule has 0 aliphatic rings. The van der Waals surface area contributed by atoms with Crippen molar-refractivity contribution >= 4 is 52.2 Å². The number of carbonyl (C=O) groups is 3. The Morgan fingerprint density at radius 2 is 1.37 bits per heavy atom. The average Bonchev–Trinajstić information content (AvgIpc) is 3.64. The van der Waals surface area contributed by atoms with E-state index in [0.717, 1.165) is 34.9 Å². The molecule has 0 spiro atoms. The number of carbonyl (C=O) groups excluding carboxylic acids is 3. The second-order valence-electron chi connectivity index (χ2n) is 12.4. The number of fused-ring (bicyclic) bond motifs is 1. The number of aryl methyl sites for hydroxylation is 2. The van der Waals surface area contributed by atoms with Crippen molar-refractivity contribution in [2.75, 3.05) is 17.2 Å². The Labute approximate surface area is 287 Å². The quantitative estimate of drug-likeness (QED) is 0.118. The third kappa shape index (κ3) is 9.32. The lowest BCUT2D eigenvalue weighted by atomic mass is 10.1. The van der Waals surface area contributed by atoms with Crippen molar-refractivity contribution in [1.82, 2.24) is 19.4 Å². The van der Waals surface area contributed by atoms with Gasteiger partial charge in [-0.1, -0.05) is 65.8 Å². The van der Waals surface area contributed by atoms with E-state index >= 15 is 0 Å². The summed E-state index contributed by atoms with van der Waals surface area (Å²) in [5, 5.41) is 9.73. The molecule has 3 amide bonds. The van der Waals surface area contributed by atoms with Crippen molar-refractivity contribution < 1.29 is 14.4 Å². The first-order chi connectivity index (χ1) is 23.5. The molecule has 5 aromatic rings. The monoisotopic (exact) mass is 654 g/mol. The zero-order valence-electron chi connectivity index (χ0n) is 28.6. The fourth-order valence-electron chi connectivity index (χ4n) is 5.33. The van der Waals surface area contributed by atoms with Crippen molar-refractivity contribution in [2.24, 2.45) is 14.1 Å². The molecule has 3 aromatic heterocycles. The van der Waals surface area contributed by atoms with Crippen molar-refractivity contribution in [3.05, 3.63) is 137 Å². The van der Waals surface area contributed by atoms with Crippen LogP contribution in [-0.2, 0) is 14.1 Å². The minimum Gasteiger partial charge on any atom is -0.347 e. The maximum atomic E-state index is 13.2. The number of para-hydroxylation sites is 1. The highest BCUT2D eigenvalue weighted by Gasteiger charge is 2.17. The van der Waals surface area contributed by atoms with Gasteiger partial charge in [-0.3, -0.25) is 19.4 Å².